The minimum atomic E-state index is -4.78. The molecule has 3 aromatic rings. The number of aromatic nitrogens is 2. The van der Waals surface area contributed by atoms with Crippen molar-refractivity contribution in [2.75, 3.05) is 13.1 Å². The highest BCUT2D eigenvalue weighted by Gasteiger charge is 2.36. The standard InChI is InChI=1S/C24H26BrF3N4O/c1-2-21(31(13-12-29)15-18-8-10-19(25)11-9-18)22-30-14-20(24(26,27)28)23(33)32(22)16-17-6-4-3-5-7-17/h3-11,14,21H,2,12-13,15-16,29H2,1H3. The van der Waals surface area contributed by atoms with Crippen molar-refractivity contribution in [3.8, 4) is 0 Å². The molecule has 0 saturated carbocycles. The molecule has 0 spiro atoms. The molecule has 0 aliphatic carbocycles. The van der Waals surface area contributed by atoms with Crippen LogP contribution in [0.2, 0.25) is 0 Å². The van der Waals surface area contributed by atoms with Crippen LogP contribution < -0.4 is 11.3 Å². The minimum Gasteiger partial charge on any atom is -0.329 e. The molecule has 0 aliphatic heterocycles. The zero-order valence-electron chi connectivity index (χ0n) is 18.2. The molecule has 1 atom stereocenters. The van der Waals surface area contributed by atoms with E-state index in [4.69, 9.17) is 5.73 Å². The summed E-state index contributed by atoms with van der Waals surface area (Å²) in [4.78, 5) is 19.2. The Morgan fingerprint density at radius 2 is 1.76 bits per heavy atom. The fourth-order valence-electron chi connectivity index (χ4n) is 3.82. The van der Waals surface area contributed by atoms with Crippen LogP contribution in [0, 0.1) is 0 Å². The van der Waals surface area contributed by atoms with Crippen molar-refractivity contribution in [3.05, 3.63) is 98.1 Å². The Morgan fingerprint density at radius 3 is 2.33 bits per heavy atom. The molecular formula is C24H26BrF3N4O. The Hall–Kier alpha value is -2.49. The van der Waals surface area contributed by atoms with Crippen molar-refractivity contribution in [2.45, 2.75) is 38.7 Å². The predicted molar refractivity (Wildman–Crippen MR) is 126 cm³/mol. The second-order valence-corrected chi connectivity index (χ2v) is 8.63. The van der Waals surface area contributed by atoms with Crippen LogP contribution in [0.1, 0.15) is 41.9 Å². The first-order chi connectivity index (χ1) is 15.7. The molecule has 2 N–H and O–H groups in total. The van der Waals surface area contributed by atoms with E-state index in [0.29, 0.717) is 38.1 Å². The maximum atomic E-state index is 13.5. The fourth-order valence-corrected chi connectivity index (χ4v) is 4.09. The van der Waals surface area contributed by atoms with Gasteiger partial charge in [0, 0.05) is 30.3 Å². The lowest BCUT2D eigenvalue weighted by atomic mass is 10.1. The largest absolute Gasteiger partial charge is 0.423 e. The van der Waals surface area contributed by atoms with Gasteiger partial charge in [0.2, 0.25) is 0 Å². The lowest BCUT2D eigenvalue weighted by Gasteiger charge is -2.32. The summed E-state index contributed by atoms with van der Waals surface area (Å²) in [6.07, 6.45) is -3.58. The molecule has 1 aromatic heterocycles. The number of halogens is 4. The van der Waals surface area contributed by atoms with Crippen LogP contribution in [0.25, 0.3) is 0 Å². The SMILES string of the molecule is CCC(c1ncc(C(F)(F)F)c(=O)n1Cc1ccccc1)N(CCN)Cc1ccc(Br)cc1. The quantitative estimate of drug-likeness (QED) is 0.430. The molecule has 0 aliphatic rings. The summed E-state index contributed by atoms with van der Waals surface area (Å²) < 4.78 is 42.6. The second kappa shape index (κ2) is 11.1. The van der Waals surface area contributed by atoms with Gasteiger partial charge in [-0.05, 0) is 29.7 Å². The monoisotopic (exact) mass is 522 g/mol. The first-order valence-corrected chi connectivity index (χ1v) is 11.4. The van der Waals surface area contributed by atoms with Crippen LogP contribution in [0.15, 0.2) is 70.1 Å². The molecule has 2 aromatic carbocycles. The summed E-state index contributed by atoms with van der Waals surface area (Å²) in [5.74, 6) is 0.296. The molecule has 5 nitrogen and oxygen atoms in total. The van der Waals surface area contributed by atoms with Gasteiger partial charge in [-0.3, -0.25) is 14.3 Å². The van der Waals surface area contributed by atoms with E-state index in [1.165, 1.54) is 0 Å². The normalized spacial score (nSPS) is 12.8. The Morgan fingerprint density at radius 1 is 1.09 bits per heavy atom. The number of rotatable bonds is 9. The van der Waals surface area contributed by atoms with Crippen LogP contribution in [0.5, 0.6) is 0 Å². The molecule has 0 bridgehead atoms. The van der Waals surface area contributed by atoms with E-state index in [9.17, 15) is 18.0 Å². The van der Waals surface area contributed by atoms with Crippen molar-refractivity contribution in [2.24, 2.45) is 5.73 Å². The van der Waals surface area contributed by atoms with Crippen LogP contribution >= 0.6 is 15.9 Å². The predicted octanol–water partition coefficient (Wildman–Crippen LogP) is 4.98. The molecule has 1 heterocycles. The summed E-state index contributed by atoms with van der Waals surface area (Å²) in [6, 6.07) is 16.3. The van der Waals surface area contributed by atoms with Crippen LogP contribution in [0.4, 0.5) is 13.2 Å². The highest BCUT2D eigenvalue weighted by Crippen LogP contribution is 2.29. The lowest BCUT2D eigenvalue weighted by molar-refractivity contribution is -0.139. The van der Waals surface area contributed by atoms with Crippen molar-refractivity contribution in [3.63, 3.8) is 0 Å². The van der Waals surface area contributed by atoms with Gasteiger partial charge >= 0.3 is 6.18 Å². The average Bonchev–Trinajstić information content (AvgIpc) is 2.78. The summed E-state index contributed by atoms with van der Waals surface area (Å²) in [7, 11) is 0. The van der Waals surface area contributed by atoms with Crippen molar-refractivity contribution >= 4 is 15.9 Å². The Bertz CT molecular complexity index is 1100. The maximum absolute atomic E-state index is 13.5. The summed E-state index contributed by atoms with van der Waals surface area (Å²) in [5.41, 5.74) is 5.24. The van der Waals surface area contributed by atoms with Gasteiger partial charge in [-0.1, -0.05) is 65.3 Å². The van der Waals surface area contributed by atoms with Gasteiger partial charge in [-0.2, -0.15) is 13.2 Å². The molecule has 0 saturated heterocycles. The number of hydrogen-bond donors (Lipinski definition) is 1. The molecule has 1 unspecified atom stereocenters. The van der Waals surface area contributed by atoms with E-state index in [0.717, 1.165) is 20.2 Å². The third kappa shape index (κ3) is 6.31. The number of benzene rings is 2. The highest BCUT2D eigenvalue weighted by atomic mass is 79.9. The van der Waals surface area contributed by atoms with Gasteiger partial charge in [0.05, 0.1) is 12.6 Å². The fraction of sp³-hybridized carbons (Fsp3) is 0.333. The van der Waals surface area contributed by atoms with E-state index in [1.807, 2.05) is 37.3 Å². The van der Waals surface area contributed by atoms with Gasteiger partial charge < -0.3 is 5.73 Å². The van der Waals surface area contributed by atoms with Gasteiger partial charge in [-0.25, -0.2) is 4.98 Å². The smallest absolute Gasteiger partial charge is 0.329 e. The van der Waals surface area contributed by atoms with Crippen molar-refractivity contribution in [1.82, 2.24) is 14.5 Å². The molecular weight excluding hydrogens is 497 g/mol. The molecule has 0 radical (unpaired) electrons. The molecule has 176 valence electrons. The van der Waals surface area contributed by atoms with Gasteiger partial charge in [-0.15, -0.1) is 0 Å². The van der Waals surface area contributed by atoms with E-state index in [1.54, 1.807) is 24.3 Å². The Kier molecular flexibility index (Phi) is 8.45. The number of nitrogens with two attached hydrogens (primary N) is 1. The summed E-state index contributed by atoms with van der Waals surface area (Å²) in [6.45, 7) is 3.29. The first kappa shape index (κ1) is 25.1. The van der Waals surface area contributed by atoms with Crippen LogP contribution in [-0.4, -0.2) is 27.5 Å². The summed E-state index contributed by atoms with van der Waals surface area (Å²) >= 11 is 3.42. The third-order valence-electron chi connectivity index (χ3n) is 5.41. The molecule has 3 rings (SSSR count). The van der Waals surface area contributed by atoms with Crippen molar-refractivity contribution in [1.29, 1.82) is 0 Å². The van der Waals surface area contributed by atoms with Gasteiger partial charge in [0.15, 0.2) is 0 Å². The second-order valence-electron chi connectivity index (χ2n) is 7.71. The van der Waals surface area contributed by atoms with E-state index in [2.05, 4.69) is 25.8 Å². The topological polar surface area (TPSA) is 64.2 Å². The molecule has 33 heavy (non-hydrogen) atoms. The highest BCUT2D eigenvalue weighted by molar-refractivity contribution is 9.10. The zero-order valence-corrected chi connectivity index (χ0v) is 19.8. The van der Waals surface area contributed by atoms with Crippen LogP contribution in [0.3, 0.4) is 0 Å². The van der Waals surface area contributed by atoms with Gasteiger partial charge in [0.1, 0.15) is 11.4 Å². The lowest BCUT2D eigenvalue weighted by Crippen LogP contribution is -2.39. The van der Waals surface area contributed by atoms with Crippen LogP contribution in [-0.2, 0) is 19.3 Å². The van der Waals surface area contributed by atoms with Gasteiger partial charge in [0.25, 0.3) is 5.56 Å². The van der Waals surface area contributed by atoms with Crippen molar-refractivity contribution < 1.29 is 13.2 Å². The maximum Gasteiger partial charge on any atom is 0.423 e. The number of alkyl halides is 3. The molecule has 9 heteroatoms. The number of hydrogen-bond acceptors (Lipinski definition) is 4. The first-order valence-electron chi connectivity index (χ1n) is 10.6. The molecule has 0 fully saturated rings. The summed E-state index contributed by atoms with van der Waals surface area (Å²) in [5, 5.41) is 0. The Balaban J connectivity index is 2.08. The third-order valence-corrected chi connectivity index (χ3v) is 5.94. The van der Waals surface area contributed by atoms with E-state index < -0.39 is 23.3 Å². The molecule has 0 amide bonds. The average molecular weight is 523 g/mol. The Labute approximate surface area is 199 Å². The number of nitrogens with zero attached hydrogens (tertiary/aromatic N) is 3. The minimum absolute atomic E-state index is 0.00280. The zero-order chi connectivity index (χ0) is 24.0. The van der Waals surface area contributed by atoms with E-state index in [-0.39, 0.29) is 6.54 Å². The van der Waals surface area contributed by atoms with E-state index >= 15 is 0 Å².